The molecule has 0 aliphatic carbocycles. The lowest BCUT2D eigenvalue weighted by Crippen LogP contribution is -2.42. The summed E-state index contributed by atoms with van der Waals surface area (Å²) in [6.45, 7) is 4.28. The molecule has 2 atom stereocenters. The molecule has 182 valence electrons. The highest BCUT2D eigenvalue weighted by Gasteiger charge is 2.44. The highest BCUT2D eigenvalue weighted by atomic mass is 16.6. The van der Waals surface area contributed by atoms with Crippen LogP contribution in [-0.4, -0.2) is 16.7 Å². The first-order valence-electron chi connectivity index (χ1n) is 12.7. The summed E-state index contributed by atoms with van der Waals surface area (Å²) in [6, 6.07) is 30.6. The van der Waals surface area contributed by atoms with Crippen LogP contribution in [0.2, 0.25) is 0 Å². The number of hydrogen-bond acceptors (Lipinski definition) is 3. The number of benzene rings is 3. The Bertz CT molecular complexity index is 1120. The van der Waals surface area contributed by atoms with Gasteiger partial charge in [-0.15, -0.1) is 0 Å². The molecule has 0 amide bonds. The lowest BCUT2D eigenvalue weighted by atomic mass is 9.78. The minimum Gasteiger partial charge on any atom is -0.512 e. The van der Waals surface area contributed by atoms with Crippen LogP contribution in [0.1, 0.15) is 62.1 Å². The maximum atomic E-state index is 13.6. The molecule has 2 unspecified atom stereocenters. The number of aryl methyl sites for hydroxylation is 2. The zero-order valence-electron chi connectivity index (χ0n) is 20.8. The van der Waals surface area contributed by atoms with Crippen molar-refractivity contribution < 1.29 is 14.6 Å². The minimum absolute atomic E-state index is 0.192. The van der Waals surface area contributed by atoms with Gasteiger partial charge in [0.1, 0.15) is 11.4 Å². The molecular formula is C32H36O3. The van der Waals surface area contributed by atoms with Gasteiger partial charge in [0.2, 0.25) is 0 Å². The Labute approximate surface area is 209 Å². The molecule has 3 heteroatoms. The third kappa shape index (κ3) is 6.42. The predicted octanol–water partition coefficient (Wildman–Crippen LogP) is 7.58. The van der Waals surface area contributed by atoms with Crippen LogP contribution in [0, 0.1) is 5.92 Å². The number of rotatable bonds is 10. The SMILES string of the molecule is CC(C)CC1(CCc2ccccc2)CC(O)=C(C(CCc2ccccc2)c2ccccc2)C(=O)O1. The van der Waals surface area contributed by atoms with Crippen molar-refractivity contribution in [2.24, 2.45) is 5.92 Å². The molecule has 3 aromatic rings. The van der Waals surface area contributed by atoms with Crippen LogP contribution in [0.3, 0.4) is 0 Å². The van der Waals surface area contributed by atoms with Gasteiger partial charge in [-0.05, 0) is 54.7 Å². The Kier molecular flexibility index (Phi) is 8.07. The quantitative estimate of drug-likeness (QED) is 0.312. The Morgan fingerprint density at radius 2 is 1.37 bits per heavy atom. The molecule has 4 rings (SSSR count). The van der Waals surface area contributed by atoms with Gasteiger partial charge >= 0.3 is 5.97 Å². The molecule has 3 nitrogen and oxygen atoms in total. The molecule has 1 N–H and O–H groups in total. The Balaban J connectivity index is 1.62. The lowest BCUT2D eigenvalue weighted by Gasteiger charge is -2.40. The van der Waals surface area contributed by atoms with Crippen LogP contribution in [0.5, 0.6) is 0 Å². The Hall–Kier alpha value is -3.33. The van der Waals surface area contributed by atoms with Gasteiger partial charge in [0.25, 0.3) is 0 Å². The van der Waals surface area contributed by atoms with Crippen molar-refractivity contribution in [1.29, 1.82) is 0 Å². The number of aliphatic hydroxyl groups excluding tert-OH is 1. The van der Waals surface area contributed by atoms with E-state index in [9.17, 15) is 9.90 Å². The monoisotopic (exact) mass is 468 g/mol. The zero-order valence-corrected chi connectivity index (χ0v) is 20.8. The molecule has 0 fully saturated rings. The molecular weight excluding hydrogens is 432 g/mol. The van der Waals surface area contributed by atoms with E-state index in [1.165, 1.54) is 11.1 Å². The minimum atomic E-state index is -0.685. The van der Waals surface area contributed by atoms with Crippen molar-refractivity contribution in [2.75, 3.05) is 0 Å². The molecule has 0 saturated carbocycles. The first kappa shape index (κ1) is 24.8. The summed E-state index contributed by atoms with van der Waals surface area (Å²) in [7, 11) is 0. The Morgan fingerprint density at radius 1 is 0.829 bits per heavy atom. The van der Waals surface area contributed by atoms with Crippen LogP contribution < -0.4 is 0 Å². The fourth-order valence-corrected chi connectivity index (χ4v) is 5.38. The summed E-state index contributed by atoms with van der Waals surface area (Å²) in [5, 5.41) is 11.4. The summed E-state index contributed by atoms with van der Waals surface area (Å²) in [5.74, 6) is -0.0488. The van der Waals surface area contributed by atoms with Gasteiger partial charge in [-0.25, -0.2) is 4.79 Å². The van der Waals surface area contributed by atoms with Crippen LogP contribution >= 0.6 is 0 Å². The fourth-order valence-electron chi connectivity index (χ4n) is 5.38. The molecule has 1 aliphatic rings. The van der Waals surface area contributed by atoms with Crippen molar-refractivity contribution in [3.8, 4) is 0 Å². The largest absolute Gasteiger partial charge is 0.512 e. The molecule has 0 spiro atoms. The van der Waals surface area contributed by atoms with Gasteiger partial charge in [-0.1, -0.05) is 105 Å². The van der Waals surface area contributed by atoms with Crippen molar-refractivity contribution in [1.82, 2.24) is 0 Å². The van der Waals surface area contributed by atoms with E-state index in [2.05, 4.69) is 38.1 Å². The molecule has 0 saturated heterocycles. The summed E-state index contributed by atoms with van der Waals surface area (Å²) < 4.78 is 6.29. The van der Waals surface area contributed by atoms with Gasteiger partial charge in [0.15, 0.2) is 0 Å². The smallest absolute Gasteiger partial charge is 0.338 e. The van der Waals surface area contributed by atoms with Gasteiger partial charge in [-0.2, -0.15) is 0 Å². The second-order valence-corrected chi connectivity index (χ2v) is 10.2. The standard InChI is InChI=1S/C32H36O3/c1-24(2)22-32(21-20-26-14-8-4-9-15-26)23-29(33)30(31(34)35-32)28(27-16-10-5-11-17-27)19-18-25-12-6-3-7-13-25/h3-17,24,28,33H,18-23H2,1-2H3. The predicted molar refractivity (Wildman–Crippen MR) is 141 cm³/mol. The average Bonchev–Trinajstić information content (AvgIpc) is 2.86. The second-order valence-electron chi connectivity index (χ2n) is 10.2. The van der Waals surface area contributed by atoms with E-state index in [4.69, 9.17) is 4.74 Å². The highest BCUT2D eigenvalue weighted by Crippen LogP contribution is 2.42. The number of esters is 1. The van der Waals surface area contributed by atoms with Gasteiger partial charge in [0, 0.05) is 12.3 Å². The van der Waals surface area contributed by atoms with E-state index in [1.807, 2.05) is 66.7 Å². The molecule has 3 aromatic carbocycles. The first-order valence-corrected chi connectivity index (χ1v) is 12.7. The summed E-state index contributed by atoms with van der Waals surface area (Å²) in [5.41, 5.74) is 3.20. The third-order valence-electron chi connectivity index (χ3n) is 6.94. The van der Waals surface area contributed by atoms with Gasteiger partial charge < -0.3 is 9.84 Å². The number of aliphatic hydroxyl groups is 1. The van der Waals surface area contributed by atoms with Crippen LogP contribution in [0.4, 0.5) is 0 Å². The molecule has 1 heterocycles. The molecule has 0 radical (unpaired) electrons. The van der Waals surface area contributed by atoms with Crippen LogP contribution in [-0.2, 0) is 22.4 Å². The first-order chi connectivity index (χ1) is 17.0. The highest BCUT2D eigenvalue weighted by molar-refractivity contribution is 5.92. The maximum Gasteiger partial charge on any atom is 0.338 e. The molecule has 1 aliphatic heterocycles. The van der Waals surface area contributed by atoms with E-state index < -0.39 is 5.60 Å². The number of hydrogen-bond donors (Lipinski definition) is 1. The van der Waals surface area contributed by atoms with Crippen molar-refractivity contribution >= 4 is 5.97 Å². The molecule has 35 heavy (non-hydrogen) atoms. The van der Waals surface area contributed by atoms with E-state index in [0.717, 1.165) is 31.2 Å². The van der Waals surface area contributed by atoms with E-state index in [-0.39, 0.29) is 17.6 Å². The number of carbonyl (C=O) groups excluding carboxylic acids is 1. The van der Waals surface area contributed by atoms with E-state index in [0.29, 0.717) is 24.3 Å². The fraction of sp³-hybridized carbons (Fsp3) is 0.344. The molecule has 0 bridgehead atoms. The number of cyclic esters (lactones) is 1. The second kappa shape index (κ2) is 11.4. The Morgan fingerprint density at radius 3 is 1.91 bits per heavy atom. The van der Waals surface area contributed by atoms with Crippen LogP contribution in [0.15, 0.2) is 102 Å². The summed E-state index contributed by atoms with van der Waals surface area (Å²) in [4.78, 5) is 13.6. The number of ether oxygens (including phenoxy) is 1. The van der Waals surface area contributed by atoms with Crippen molar-refractivity contribution in [3.05, 3.63) is 119 Å². The van der Waals surface area contributed by atoms with Gasteiger partial charge in [0.05, 0.1) is 5.57 Å². The van der Waals surface area contributed by atoms with E-state index in [1.54, 1.807) is 0 Å². The average molecular weight is 469 g/mol. The van der Waals surface area contributed by atoms with Crippen LogP contribution in [0.25, 0.3) is 0 Å². The zero-order chi connectivity index (χ0) is 24.7. The van der Waals surface area contributed by atoms with E-state index >= 15 is 0 Å². The topological polar surface area (TPSA) is 46.5 Å². The van der Waals surface area contributed by atoms with Gasteiger partial charge in [-0.3, -0.25) is 0 Å². The van der Waals surface area contributed by atoms with Crippen molar-refractivity contribution in [3.63, 3.8) is 0 Å². The molecule has 0 aromatic heterocycles. The number of carbonyl (C=O) groups is 1. The maximum absolute atomic E-state index is 13.6. The third-order valence-corrected chi connectivity index (χ3v) is 6.94. The normalized spacial score (nSPS) is 19.0. The summed E-state index contributed by atoms with van der Waals surface area (Å²) >= 11 is 0. The summed E-state index contributed by atoms with van der Waals surface area (Å²) in [6.07, 6.45) is 4.13. The van der Waals surface area contributed by atoms with Crippen molar-refractivity contribution in [2.45, 2.75) is 63.9 Å². The lowest BCUT2D eigenvalue weighted by molar-refractivity contribution is -0.162.